The zero-order chi connectivity index (χ0) is 13.0. The van der Waals surface area contributed by atoms with Gasteiger partial charge in [-0.25, -0.2) is 4.39 Å². The number of para-hydroxylation sites is 1. The predicted molar refractivity (Wildman–Crippen MR) is 68.5 cm³/mol. The fraction of sp³-hybridized carbons (Fsp3) is 0.133. The van der Waals surface area contributed by atoms with Crippen LogP contribution >= 0.6 is 0 Å². The van der Waals surface area contributed by atoms with Gasteiger partial charge in [-0.15, -0.1) is 0 Å². The Kier molecular flexibility index (Phi) is 3.72. The maximum atomic E-state index is 12.3. The number of alkyl halides is 1. The standard InChI is InChI=1S/C15H13FO2/c1-11(17)12-6-8-13(9-7-12)14-4-2-3-5-15(14)18-10-16/h2-9H,10H2,1H3. The summed E-state index contributed by atoms with van der Waals surface area (Å²) in [4.78, 5) is 11.2. The van der Waals surface area contributed by atoms with Crippen molar-refractivity contribution in [2.45, 2.75) is 6.92 Å². The first-order valence-corrected chi connectivity index (χ1v) is 5.61. The summed E-state index contributed by atoms with van der Waals surface area (Å²) in [5.74, 6) is 0.519. The Morgan fingerprint density at radius 1 is 1.11 bits per heavy atom. The third-order valence-corrected chi connectivity index (χ3v) is 2.70. The number of Topliss-reactive ketones (excluding diaryl/α,β-unsaturated/α-hetero) is 1. The molecule has 0 amide bonds. The van der Waals surface area contributed by atoms with Crippen molar-refractivity contribution >= 4 is 5.78 Å². The molecule has 0 aliphatic carbocycles. The SMILES string of the molecule is CC(=O)c1ccc(-c2ccccc2OCF)cc1. The van der Waals surface area contributed by atoms with E-state index in [0.29, 0.717) is 11.3 Å². The van der Waals surface area contributed by atoms with E-state index in [2.05, 4.69) is 0 Å². The summed E-state index contributed by atoms with van der Waals surface area (Å²) in [5.41, 5.74) is 2.36. The van der Waals surface area contributed by atoms with Crippen LogP contribution in [0.15, 0.2) is 48.5 Å². The summed E-state index contributed by atoms with van der Waals surface area (Å²) in [6.07, 6.45) is 0. The van der Waals surface area contributed by atoms with Crippen molar-refractivity contribution in [2.75, 3.05) is 6.86 Å². The molecule has 0 aliphatic rings. The highest BCUT2D eigenvalue weighted by atomic mass is 19.1. The maximum Gasteiger partial charge on any atom is 0.228 e. The highest BCUT2D eigenvalue weighted by Crippen LogP contribution is 2.29. The molecule has 2 aromatic rings. The molecule has 0 heterocycles. The lowest BCUT2D eigenvalue weighted by molar-refractivity contribution is 0.101. The van der Waals surface area contributed by atoms with Gasteiger partial charge in [0.25, 0.3) is 0 Å². The Balaban J connectivity index is 2.39. The molecule has 3 heteroatoms. The molecule has 92 valence electrons. The van der Waals surface area contributed by atoms with Crippen molar-refractivity contribution in [1.29, 1.82) is 0 Å². The van der Waals surface area contributed by atoms with Crippen molar-refractivity contribution in [3.05, 3.63) is 54.1 Å². The van der Waals surface area contributed by atoms with E-state index in [4.69, 9.17) is 4.74 Å². The zero-order valence-electron chi connectivity index (χ0n) is 10.0. The second-order valence-corrected chi connectivity index (χ2v) is 3.88. The second kappa shape index (κ2) is 5.45. The fourth-order valence-corrected chi connectivity index (χ4v) is 1.77. The van der Waals surface area contributed by atoms with Crippen LogP contribution in [0.1, 0.15) is 17.3 Å². The Morgan fingerprint density at radius 3 is 2.39 bits per heavy atom. The molecule has 0 bridgehead atoms. The summed E-state index contributed by atoms with van der Waals surface area (Å²) in [5, 5.41) is 0. The average molecular weight is 244 g/mol. The van der Waals surface area contributed by atoms with Gasteiger partial charge in [0.15, 0.2) is 5.78 Å². The first kappa shape index (κ1) is 12.3. The molecule has 0 atom stereocenters. The topological polar surface area (TPSA) is 26.3 Å². The van der Waals surface area contributed by atoms with Gasteiger partial charge >= 0.3 is 0 Å². The second-order valence-electron chi connectivity index (χ2n) is 3.88. The Labute approximate surface area is 105 Å². The average Bonchev–Trinajstić information content (AvgIpc) is 2.40. The van der Waals surface area contributed by atoms with E-state index in [1.807, 2.05) is 24.3 Å². The number of rotatable bonds is 4. The molecule has 2 nitrogen and oxygen atoms in total. The summed E-state index contributed by atoms with van der Waals surface area (Å²) in [7, 11) is 0. The number of carbonyl (C=O) groups excluding carboxylic acids is 1. The van der Waals surface area contributed by atoms with Gasteiger partial charge in [-0.3, -0.25) is 4.79 Å². The van der Waals surface area contributed by atoms with Gasteiger partial charge in [-0.2, -0.15) is 0 Å². The molecule has 0 saturated carbocycles. The molecule has 0 saturated heterocycles. The number of ether oxygens (including phenoxy) is 1. The highest BCUT2D eigenvalue weighted by Gasteiger charge is 2.06. The normalized spacial score (nSPS) is 10.1. The molecular weight excluding hydrogens is 231 g/mol. The van der Waals surface area contributed by atoms with Crippen molar-refractivity contribution in [3.63, 3.8) is 0 Å². The number of ketones is 1. The Hall–Kier alpha value is -2.16. The van der Waals surface area contributed by atoms with Crippen LogP contribution in [0.3, 0.4) is 0 Å². The van der Waals surface area contributed by atoms with E-state index >= 15 is 0 Å². The molecule has 0 fully saturated rings. The monoisotopic (exact) mass is 244 g/mol. The zero-order valence-corrected chi connectivity index (χ0v) is 10.0. The van der Waals surface area contributed by atoms with Crippen molar-refractivity contribution in [2.24, 2.45) is 0 Å². The van der Waals surface area contributed by atoms with Crippen molar-refractivity contribution in [1.82, 2.24) is 0 Å². The van der Waals surface area contributed by atoms with Gasteiger partial charge in [0.05, 0.1) is 0 Å². The van der Waals surface area contributed by atoms with Gasteiger partial charge in [0, 0.05) is 11.1 Å². The van der Waals surface area contributed by atoms with Crippen LogP contribution in [0.5, 0.6) is 5.75 Å². The molecule has 18 heavy (non-hydrogen) atoms. The first-order chi connectivity index (χ1) is 8.72. The molecule has 0 aromatic heterocycles. The first-order valence-electron chi connectivity index (χ1n) is 5.61. The lowest BCUT2D eigenvalue weighted by Gasteiger charge is -2.09. The molecule has 0 unspecified atom stereocenters. The summed E-state index contributed by atoms with van der Waals surface area (Å²) < 4.78 is 17.2. The van der Waals surface area contributed by atoms with E-state index < -0.39 is 6.86 Å². The Bertz CT molecular complexity index is 547. The van der Waals surface area contributed by atoms with Gasteiger partial charge < -0.3 is 4.74 Å². The molecule has 0 N–H and O–H groups in total. The molecular formula is C15H13FO2. The number of hydrogen-bond donors (Lipinski definition) is 0. The fourth-order valence-electron chi connectivity index (χ4n) is 1.77. The number of benzene rings is 2. The van der Waals surface area contributed by atoms with Crippen LogP contribution in [-0.4, -0.2) is 12.6 Å². The minimum Gasteiger partial charge on any atom is -0.462 e. The van der Waals surface area contributed by atoms with E-state index in [-0.39, 0.29) is 5.78 Å². The molecule has 0 radical (unpaired) electrons. The number of carbonyl (C=O) groups is 1. The lowest BCUT2D eigenvalue weighted by Crippen LogP contribution is -1.94. The van der Waals surface area contributed by atoms with Crippen LogP contribution in [0, 0.1) is 0 Å². The smallest absolute Gasteiger partial charge is 0.228 e. The highest BCUT2D eigenvalue weighted by molar-refractivity contribution is 5.94. The molecule has 0 aliphatic heterocycles. The quantitative estimate of drug-likeness (QED) is 0.763. The van der Waals surface area contributed by atoms with Crippen LogP contribution in [0.2, 0.25) is 0 Å². The van der Waals surface area contributed by atoms with Crippen LogP contribution in [-0.2, 0) is 0 Å². The summed E-state index contributed by atoms with van der Waals surface area (Å²) in [6.45, 7) is 0.664. The van der Waals surface area contributed by atoms with Crippen LogP contribution in [0.25, 0.3) is 11.1 Å². The predicted octanol–water partition coefficient (Wildman–Crippen LogP) is 3.86. The van der Waals surface area contributed by atoms with E-state index in [1.54, 1.807) is 24.3 Å². The Morgan fingerprint density at radius 2 is 1.78 bits per heavy atom. The molecule has 2 aromatic carbocycles. The van der Waals surface area contributed by atoms with E-state index in [9.17, 15) is 9.18 Å². The van der Waals surface area contributed by atoms with Gasteiger partial charge in [-0.05, 0) is 18.6 Å². The van der Waals surface area contributed by atoms with Crippen LogP contribution in [0.4, 0.5) is 4.39 Å². The largest absolute Gasteiger partial charge is 0.462 e. The van der Waals surface area contributed by atoms with Gasteiger partial charge in [0.1, 0.15) is 5.75 Å². The van der Waals surface area contributed by atoms with Crippen LogP contribution < -0.4 is 4.74 Å². The summed E-state index contributed by atoms with van der Waals surface area (Å²) >= 11 is 0. The molecule has 2 rings (SSSR count). The number of hydrogen-bond acceptors (Lipinski definition) is 2. The minimum atomic E-state index is -0.859. The van der Waals surface area contributed by atoms with Gasteiger partial charge in [0.2, 0.25) is 6.86 Å². The third kappa shape index (κ3) is 2.56. The van der Waals surface area contributed by atoms with Gasteiger partial charge in [-0.1, -0.05) is 42.5 Å². The number of halogens is 1. The van der Waals surface area contributed by atoms with Crippen molar-refractivity contribution in [3.8, 4) is 16.9 Å². The van der Waals surface area contributed by atoms with Crippen molar-refractivity contribution < 1.29 is 13.9 Å². The van der Waals surface area contributed by atoms with E-state index in [1.165, 1.54) is 6.92 Å². The minimum absolute atomic E-state index is 0.0230. The third-order valence-electron chi connectivity index (χ3n) is 2.70. The maximum absolute atomic E-state index is 12.3. The molecule has 0 spiro atoms. The summed E-state index contributed by atoms with van der Waals surface area (Å²) in [6, 6.07) is 14.4. The lowest BCUT2D eigenvalue weighted by atomic mass is 10.0. The van der Waals surface area contributed by atoms with E-state index in [0.717, 1.165) is 11.1 Å².